The van der Waals surface area contributed by atoms with Crippen molar-refractivity contribution < 1.29 is 37.0 Å². The average Bonchev–Trinajstić information content (AvgIpc) is 3.04. The molecule has 0 spiro atoms. The molecule has 234 valence electrons. The average molecular weight is 612 g/mol. The molecular weight excluding hydrogens is 575 g/mol. The zero-order valence-electron chi connectivity index (χ0n) is 25.2. The van der Waals surface area contributed by atoms with Gasteiger partial charge in [0.2, 0.25) is 11.7 Å². The molecule has 44 heavy (non-hydrogen) atoms. The number of hydrogen-bond acceptors (Lipinski definition) is 6. The maximum Gasteiger partial charge on any atom is 0.416 e. The van der Waals surface area contributed by atoms with E-state index in [9.17, 15) is 22.8 Å². The van der Waals surface area contributed by atoms with E-state index >= 15 is 0 Å². The van der Waals surface area contributed by atoms with Crippen LogP contribution in [0.5, 0.6) is 17.2 Å². The van der Waals surface area contributed by atoms with Gasteiger partial charge in [0.1, 0.15) is 0 Å². The van der Waals surface area contributed by atoms with E-state index in [4.69, 9.17) is 14.2 Å². The summed E-state index contributed by atoms with van der Waals surface area (Å²) in [4.78, 5) is 33.8. The zero-order valence-corrected chi connectivity index (χ0v) is 25.2. The van der Waals surface area contributed by atoms with Gasteiger partial charge in [0.15, 0.2) is 11.5 Å². The third-order valence-electron chi connectivity index (χ3n) is 8.33. The van der Waals surface area contributed by atoms with Crippen LogP contribution in [0, 0.1) is 0 Å². The molecule has 3 aromatic carbocycles. The van der Waals surface area contributed by atoms with Gasteiger partial charge in [0.25, 0.3) is 5.91 Å². The Balaban J connectivity index is 1.52. The molecule has 0 saturated carbocycles. The number of carbonyl (C=O) groups excluding carboxylic acids is 2. The van der Waals surface area contributed by atoms with Crippen LogP contribution in [0.3, 0.4) is 0 Å². The second-order valence-corrected chi connectivity index (χ2v) is 10.8. The van der Waals surface area contributed by atoms with Gasteiger partial charge < -0.3 is 28.9 Å². The smallest absolute Gasteiger partial charge is 0.416 e. The van der Waals surface area contributed by atoms with E-state index in [2.05, 4.69) is 0 Å². The van der Waals surface area contributed by atoms with E-state index in [0.29, 0.717) is 78.8 Å². The minimum Gasteiger partial charge on any atom is -0.493 e. The molecule has 0 unspecified atom stereocenters. The van der Waals surface area contributed by atoms with Crippen LogP contribution in [-0.4, -0.2) is 75.7 Å². The van der Waals surface area contributed by atoms with Gasteiger partial charge >= 0.3 is 6.18 Å². The molecule has 5 rings (SSSR count). The molecule has 2 heterocycles. The van der Waals surface area contributed by atoms with E-state index in [1.54, 1.807) is 40.1 Å². The van der Waals surface area contributed by atoms with Crippen molar-refractivity contribution in [1.82, 2.24) is 9.80 Å². The number of rotatable bonds is 8. The summed E-state index contributed by atoms with van der Waals surface area (Å²) in [5.74, 6) is 0.152. The molecule has 1 saturated heterocycles. The van der Waals surface area contributed by atoms with E-state index in [1.807, 2.05) is 24.0 Å². The molecule has 0 aliphatic carbocycles. The maximum absolute atomic E-state index is 14.6. The minimum absolute atomic E-state index is 0.159. The van der Waals surface area contributed by atoms with Gasteiger partial charge in [-0.1, -0.05) is 31.2 Å². The molecule has 1 fully saturated rings. The van der Waals surface area contributed by atoms with Crippen molar-refractivity contribution in [2.45, 2.75) is 31.5 Å². The summed E-state index contributed by atoms with van der Waals surface area (Å²) in [5.41, 5.74) is 1.53. The Labute approximate surface area is 254 Å². The highest BCUT2D eigenvalue weighted by molar-refractivity contribution is 6.01. The van der Waals surface area contributed by atoms with Crippen molar-refractivity contribution in [3.05, 3.63) is 82.9 Å². The van der Waals surface area contributed by atoms with Gasteiger partial charge in [0, 0.05) is 44.0 Å². The molecule has 2 amide bonds. The Bertz CT molecular complexity index is 1500. The number of nitrogens with zero attached hydrogens (tertiary/aromatic N) is 3. The topological polar surface area (TPSA) is 71.6 Å². The van der Waals surface area contributed by atoms with Crippen molar-refractivity contribution >= 4 is 17.5 Å². The first kappa shape index (κ1) is 31.0. The number of anilines is 1. The van der Waals surface area contributed by atoms with Crippen LogP contribution in [0.15, 0.2) is 60.7 Å². The van der Waals surface area contributed by atoms with Crippen molar-refractivity contribution in [2.75, 3.05) is 59.0 Å². The number of amides is 2. The minimum atomic E-state index is -4.44. The Hall–Kier alpha value is -4.41. The maximum atomic E-state index is 14.6. The van der Waals surface area contributed by atoms with E-state index in [0.717, 1.165) is 12.1 Å². The highest BCUT2D eigenvalue weighted by Crippen LogP contribution is 2.48. The number of halogens is 3. The van der Waals surface area contributed by atoms with Gasteiger partial charge in [-0.05, 0) is 53.9 Å². The summed E-state index contributed by atoms with van der Waals surface area (Å²) in [6.45, 7) is 3.77. The fourth-order valence-corrected chi connectivity index (χ4v) is 6.25. The van der Waals surface area contributed by atoms with Gasteiger partial charge in [-0.15, -0.1) is 0 Å². The van der Waals surface area contributed by atoms with Crippen LogP contribution in [0.1, 0.15) is 52.4 Å². The normalized spacial score (nSPS) is 18.6. The largest absolute Gasteiger partial charge is 0.493 e. The Morgan fingerprint density at radius 2 is 1.55 bits per heavy atom. The first-order valence-electron chi connectivity index (χ1n) is 14.5. The quantitative estimate of drug-likeness (QED) is 0.322. The second kappa shape index (κ2) is 12.7. The Kier molecular flexibility index (Phi) is 8.94. The van der Waals surface area contributed by atoms with E-state index in [1.165, 1.54) is 27.4 Å². The molecule has 2 aliphatic heterocycles. The number of methoxy groups -OCH3 is 3. The molecule has 11 heteroatoms. The summed E-state index contributed by atoms with van der Waals surface area (Å²) in [7, 11) is 4.53. The SMILES string of the molecule is CCCN1C(=O)c2ccccc2[C@@H](C(=O)N2CCN(c3cccc(C(F)(F)F)c3)CC2)[C@H]1c1cc(OC)c(OC)c(OC)c1. The number of ether oxygens (including phenoxy) is 3. The highest BCUT2D eigenvalue weighted by atomic mass is 19.4. The standard InChI is InChI=1S/C33H36F3N3O5/c1-5-13-39-29(21-18-26(42-2)30(44-4)27(19-21)43-3)28(24-11-6-7-12-25(24)31(39)40)32(41)38-16-14-37(15-17-38)23-10-8-9-22(20-23)33(34,35)36/h6-12,18-20,28-29H,5,13-17H2,1-4H3/t28-,29-/m1/s1. The number of alkyl halides is 3. The summed E-state index contributed by atoms with van der Waals surface area (Å²) in [6, 6.07) is 15.3. The van der Waals surface area contributed by atoms with Crippen LogP contribution in [0.25, 0.3) is 0 Å². The van der Waals surface area contributed by atoms with Crippen molar-refractivity contribution in [2.24, 2.45) is 0 Å². The van der Waals surface area contributed by atoms with Crippen LogP contribution in [0.4, 0.5) is 18.9 Å². The van der Waals surface area contributed by atoms with E-state index < -0.39 is 23.7 Å². The van der Waals surface area contributed by atoms with Crippen molar-refractivity contribution in [3.8, 4) is 17.2 Å². The molecular formula is C33H36F3N3O5. The molecule has 3 aromatic rings. The summed E-state index contributed by atoms with van der Waals surface area (Å²) >= 11 is 0. The fourth-order valence-electron chi connectivity index (χ4n) is 6.25. The molecule has 0 bridgehead atoms. The van der Waals surface area contributed by atoms with Crippen LogP contribution in [0.2, 0.25) is 0 Å². The van der Waals surface area contributed by atoms with Crippen LogP contribution >= 0.6 is 0 Å². The van der Waals surface area contributed by atoms with Crippen molar-refractivity contribution in [1.29, 1.82) is 0 Å². The number of carbonyl (C=O) groups is 2. The second-order valence-electron chi connectivity index (χ2n) is 10.8. The molecule has 0 N–H and O–H groups in total. The first-order valence-corrected chi connectivity index (χ1v) is 14.5. The predicted octanol–water partition coefficient (Wildman–Crippen LogP) is 5.77. The summed E-state index contributed by atoms with van der Waals surface area (Å²) in [5, 5.41) is 0. The third-order valence-corrected chi connectivity index (χ3v) is 8.33. The number of fused-ring (bicyclic) bond motifs is 1. The zero-order chi connectivity index (χ0) is 31.6. The lowest BCUT2D eigenvalue weighted by molar-refractivity contribution is -0.137. The lowest BCUT2D eigenvalue weighted by Crippen LogP contribution is -2.53. The van der Waals surface area contributed by atoms with Gasteiger partial charge in [0.05, 0.1) is 38.9 Å². The van der Waals surface area contributed by atoms with E-state index in [-0.39, 0.29) is 11.8 Å². The summed E-state index contributed by atoms with van der Waals surface area (Å²) in [6.07, 6.45) is -3.77. The van der Waals surface area contributed by atoms with Crippen LogP contribution in [-0.2, 0) is 11.0 Å². The Morgan fingerprint density at radius 3 is 2.14 bits per heavy atom. The molecule has 0 radical (unpaired) electrons. The van der Waals surface area contributed by atoms with Gasteiger partial charge in [-0.3, -0.25) is 9.59 Å². The molecule has 0 aromatic heterocycles. The summed E-state index contributed by atoms with van der Waals surface area (Å²) < 4.78 is 56.8. The first-order chi connectivity index (χ1) is 21.1. The van der Waals surface area contributed by atoms with Crippen molar-refractivity contribution in [3.63, 3.8) is 0 Å². The van der Waals surface area contributed by atoms with Gasteiger partial charge in [-0.2, -0.15) is 13.2 Å². The molecule has 2 aliphatic rings. The third kappa shape index (κ3) is 5.75. The Morgan fingerprint density at radius 1 is 0.886 bits per heavy atom. The lowest BCUT2D eigenvalue weighted by Gasteiger charge is -2.45. The number of benzene rings is 3. The van der Waals surface area contributed by atoms with Gasteiger partial charge in [-0.25, -0.2) is 0 Å². The highest BCUT2D eigenvalue weighted by Gasteiger charge is 2.46. The van der Waals surface area contributed by atoms with Crippen LogP contribution < -0.4 is 19.1 Å². The molecule has 2 atom stereocenters. The molecule has 8 nitrogen and oxygen atoms in total. The number of piperazine rings is 1. The number of hydrogen-bond donors (Lipinski definition) is 0. The monoisotopic (exact) mass is 611 g/mol. The predicted molar refractivity (Wildman–Crippen MR) is 160 cm³/mol. The lowest BCUT2D eigenvalue weighted by atomic mass is 9.78. The fraction of sp³-hybridized carbons (Fsp3) is 0.394.